The third-order valence-corrected chi connectivity index (χ3v) is 5.04. The van der Waals surface area contributed by atoms with Crippen molar-refractivity contribution in [1.82, 2.24) is 0 Å². The van der Waals surface area contributed by atoms with Crippen molar-refractivity contribution in [3.05, 3.63) is 71.3 Å². The summed E-state index contributed by atoms with van der Waals surface area (Å²) in [4.78, 5) is 11.7. The SMILES string of the molecule is O=C1CCC2(CC1)C(c1ccccc1)=Cc1ccccc12. The van der Waals surface area contributed by atoms with E-state index in [2.05, 4.69) is 60.7 Å². The van der Waals surface area contributed by atoms with E-state index in [0.717, 1.165) is 12.8 Å². The van der Waals surface area contributed by atoms with Gasteiger partial charge in [-0.3, -0.25) is 4.79 Å². The van der Waals surface area contributed by atoms with Gasteiger partial charge in [0.15, 0.2) is 0 Å². The zero-order valence-corrected chi connectivity index (χ0v) is 12.0. The fourth-order valence-corrected chi connectivity index (χ4v) is 3.97. The van der Waals surface area contributed by atoms with Crippen molar-refractivity contribution in [2.24, 2.45) is 0 Å². The summed E-state index contributed by atoms with van der Waals surface area (Å²) in [5.41, 5.74) is 5.48. The number of carbonyl (C=O) groups excluding carboxylic acids is 1. The van der Waals surface area contributed by atoms with Crippen molar-refractivity contribution in [2.45, 2.75) is 31.1 Å². The molecular formula is C20H18O. The number of hydrogen-bond donors (Lipinski definition) is 0. The quantitative estimate of drug-likeness (QED) is 0.741. The molecule has 0 aliphatic heterocycles. The fraction of sp³-hybridized carbons (Fsp3) is 0.250. The molecular weight excluding hydrogens is 256 g/mol. The van der Waals surface area contributed by atoms with E-state index in [-0.39, 0.29) is 5.41 Å². The van der Waals surface area contributed by atoms with E-state index in [4.69, 9.17) is 0 Å². The van der Waals surface area contributed by atoms with E-state index in [9.17, 15) is 4.79 Å². The Bertz CT molecular complexity index is 715. The summed E-state index contributed by atoms with van der Waals surface area (Å²) in [7, 11) is 0. The van der Waals surface area contributed by atoms with Gasteiger partial charge in [0.2, 0.25) is 0 Å². The second kappa shape index (κ2) is 4.70. The molecule has 4 rings (SSSR count). The number of allylic oxidation sites excluding steroid dienone is 1. The summed E-state index contributed by atoms with van der Waals surface area (Å²) < 4.78 is 0. The minimum absolute atomic E-state index is 0.0475. The standard InChI is InChI=1S/C20H18O/c21-17-10-12-20(13-11-17)18-9-5-4-8-16(18)14-19(20)15-6-2-1-3-7-15/h1-9,14H,10-13H2. The van der Waals surface area contributed by atoms with Crippen LogP contribution in [0, 0.1) is 0 Å². The molecule has 1 fully saturated rings. The van der Waals surface area contributed by atoms with Crippen molar-refractivity contribution < 1.29 is 4.79 Å². The van der Waals surface area contributed by atoms with Crippen LogP contribution in [0.5, 0.6) is 0 Å². The van der Waals surface area contributed by atoms with Crippen molar-refractivity contribution in [2.75, 3.05) is 0 Å². The van der Waals surface area contributed by atoms with Gasteiger partial charge in [-0.15, -0.1) is 0 Å². The lowest BCUT2D eigenvalue weighted by Crippen LogP contribution is -2.31. The molecule has 0 unspecified atom stereocenters. The Morgan fingerprint density at radius 1 is 0.810 bits per heavy atom. The highest BCUT2D eigenvalue weighted by molar-refractivity contribution is 5.96. The van der Waals surface area contributed by atoms with E-state index >= 15 is 0 Å². The molecule has 0 amide bonds. The summed E-state index contributed by atoms with van der Waals surface area (Å²) in [6.07, 6.45) is 5.64. The zero-order valence-electron chi connectivity index (χ0n) is 12.0. The zero-order chi connectivity index (χ0) is 14.3. The van der Waals surface area contributed by atoms with Gasteiger partial charge >= 0.3 is 0 Å². The van der Waals surface area contributed by atoms with E-state index in [1.54, 1.807) is 0 Å². The molecule has 0 bridgehead atoms. The van der Waals surface area contributed by atoms with E-state index in [1.165, 1.54) is 22.3 Å². The number of benzene rings is 2. The lowest BCUT2D eigenvalue weighted by molar-refractivity contribution is -0.120. The van der Waals surface area contributed by atoms with Crippen LogP contribution >= 0.6 is 0 Å². The molecule has 104 valence electrons. The monoisotopic (exact) mass is 274 g/mol. The van der Waals surface area contributed by atoms with E-state index in [0.29, 0.717) is 18.6 Å². The van der Waals surface area contributed by atoms with Gasteiger partial charge in [-0.1, -0.05) is 54.6 Å². The first-order valence-electron chi connectivity index (χ1n) is 7.68. The smallest absolute Gasteiger partial charge is 0.133 e. The number of hydrogen-bond acceptors (Lipinski definition) is 1. The Kier molecular flexibility index (Phi) is 2.81. The van der Waals surface area contributed by atoms with Gasteiger partial charge < -0.3 is 0 Å². The van der Waals surface area contributed by atoms with Crippen LogP contribution in [0.2, 0.25) is 0 Å². The van der Waals surface area contributed by atoms with Crippen molar-refractivity contribution in [3.8, 4) is 0 Å². The number of carbonyl (C=O) groups is 1. The number of Topliss-reactive ketones (excluding diaryl/α,β-unsaturated/α-hetero) is 1. The van der Waals surface area contributed by atoms with Crippen LogP contribution < -0.4 is 0 Å². The Morgan fingerprint density at radius 2 is 1.48 bits per heavy atom. The van der Waals surface area contributed by atoms with Crippen LogP contribution in [0.15, 0.2) is 54.6 Å². The molecule has 1 saturated carbocycles. The largest absolute Gasteiger partial charge is 0.300 e. The van der Waals surface area contributed by atoms with E-state index < -0.39 is 0 Å². The topological polar surface area (TPSA) is 17.1 Å². The second-order valence-electron chi connectivity index (χ2n) is 6.13. The maximum atomic E-state index is 11.7. The normalized spacial score (nSPS) is 19.4. The van der Waals surface area contributed by atoms with Gasteiger partial charge in [0.25, 0.3) is 0 Å². The van der Waals surface area contributed by atoms with Gasteiger partial charge in [-0.05, 0) is 41.2 Å². The number of ketones is 1. The first-order chi connectivity index (χ1) is 10.3. The molecule has 21 heavy (non-hydrogen) atoms. The molecule has 2 aromatic carbocycles. The van der Waals surface area contributed by atoms with Gasteiger partial charge in [0.05, 0.1) is 0 Å². The first-order valence-corrected chi connectivity index (χ1v) is 7.68. The Morgan fingerprint density at radius 3 is 2.24 bits per heavy atom. The first kappa shape index (κ1) is 12.6. The van der Waals surface area contributed by atoms with Gasteiger partial charge in [-0.2, -0.15) is 0 Å². The molecule has 1 heteroatoms. The highest BCUT2D eigenvalue weighted by Crippen LogP contribution is 2.54. The molecule has 2 aliphatic carbocycles. The summed E-state index contributed by atoms with van der Waals surface area (Å²) >= 11 is 0. The van der Waals surface area contributed by atoms with Crippen molar-refractivity contribution in [3.63, 3.8) is 0 Å². The Hall–Kier alpha value is -2.15. The summed E-state index contributed by atoms with van der Waals surface area (Å²) in [6, 6.07) is 19.3. The minimum atomic E-state index is 0.0475. The molecule has 1 spiro atoms. The molecule has 2 aromatic rings. The third kappa shape index (κ3) is 1.88. The summed E-state index contributed by atoms with van der Waals surface area (Å²) in [5.74, 6) is 0.414. The fourth-order valence-electron chi connectivity index (χ4n) is 3.97. The molecule has 1 nitrogen and oxygen atoms in total. The second-order valence-corrected chi connectivity index (χ2v) is 6.13. The molecule has 0 aromatic heterocycles. The molecule has 0 N–H and O–H groups in total. The number of fused-ring (bicyclic) bond motifs is 2. The average Bonchev–Trinajstić information content (AvgIpc) is 2.86. The van der Waals surface area contributed by atoms with Crippen LogP contribution in [0.1, 0.15) is 42.4 Å². The molecule has 0 atom stereocenters. The molecule has 0 radical (unpaired) electrons. The van der Waals surface area contributed by atoms with Crippen molar-refractivity contribution in [1.29, 1.82) is 0 Å². The predicted octanol–water partition coefficient (Wildman–Crippen LogP) is 4.62. The minimum Gasteiger partial charge on any atom is -0.300 e. The van der Waals surface area contributed by atoms with Crippen LogP contribution in [-0.2, 0) is 10.2 Å². The van der Waals surface area contributed by atoms with Crippen LogP contribution in [-0.4, -0.2) is 5.78 Å². The van der Waals surface area contributed by atoms with Crippen LogP contribution in [0.4, 0.5) is 0 Å². The van der Waals surface area contributed by atoms with Crippen LogP contribution in [0.25, 0.3) is 11.6 Å². The number of rotatable bonds is 1. The maximum Gasteiger partial charge on any atom is 0.133 e. The molecule has 2 aliphatic rings. The Labute approximate surface area is 125 Å². The van der Waals surface area contributed by atoms with Crippen molar-refractivity contribution >= 4 is 17.4 Å². The van der Waals surface area contributed by atoms with Gasteiger partial charge in [0, 0.05) is 18.3 Å². The summed E-state index contributed by atoms with van der Waals surface area (Å²) in [6.45, 7) is 0. The highest BCUT2D eigenvalue weighted by atomic mass is 16.1. The van der Waals surface area contributed by atoms with Crippen LogP contribution in [0.3, 0.4) is 0 Å². The highest BCUT2D eigenvalue weighted by Gasteiger charge is 2.43. The predicted molar refractivity (Wildman–Crippen MR) is 85.9 cm³/mol. The Balaban J connectivity index is 1.88. The lowest BCUT2D eigenvalue weighted by atomic mass is 9.65. The molecule has 0 heterocycles. The third-order valence-electron chi connectivity index (χ3n) is 5.04. The lowest BCUT2D eigenvalue weighted by Gasteiger charge is -2.37. The summed E-state index contributed by atoms with van der Waals surface area (Å²) in [5, 5.41) is 0. The maximum absolute atomic E-state index is 11.7. The average molecular weight is 274 g/mol. The van der Waals surface area contributed by atoms with Gasteiger partial charge in [-0.25, -0.2) is 0 Å². The molecule has 0 saturated heterocycles. The van der Waals surface area contributed by atoms with E-state index in [1.807, 2.05) is 0 Å². The van der Waals surface area contributed by atoms with Gasteiger partial charge in [0.1, 0.15) is 5.78 Å².